The lowest BCUT2D eigenvalue weighted by molar-refractivity contribution is 0.536. The van der Waals surface area contributed by atoms with E-state index in [0.29, 0.717) is 5.56 Å². The van der Waals surface area contributed by atoms with Crippen molar-refractivity contribution in [2.45, 2.75) is 5.75 Å². The molecule has 0 bridgehead atoms. The Kier molecular flexibility index (Phi) is 3.90. The van der Waals surface area contributed by atoms with E-state index in [1.807, 2.05) is 6.07 Å². The molecule has 0 aromatic heterocycles. The van der Waals surface area contributed by atoms with E-state index < -0.39 is 11.1 Å². The molecule has 0 saturated carbocycles. The number of nitriles is 1. The average molecular weight is 249 g/mol. The van der Waals surface area contributed by atoms with E-state index in [-0.39, 0.29) is 21.4 Å². The van der Waals surface area contributed by atoms with E-state index in [1.165, 1.54) is 12.1 Å². The fourth-order valence-electron chi connectivity index (χ4n) is 0.937. The Bertz CT molecular complexity index is 428. The van der Waals surface area contributed by atoms with Gasteiger partial charge in [-0.25, -0.2) is 0 Å². The third-order valence-corrected chi connectivity index (χ3v) is 2.85. The van der Waals surface area contributed by atoms with Crippen molar-refractivity contribution in [1.82, 2.24) is 0 Å². The van der Waals surface area contributed by atoms with Gasteiger partial charge in [0.25, 0.3) is 0 Å². The molecule has 1 aromatic rings. The second kappa shape index (κ2) is 4.76. The molecule has 0 heterocycles. The van der Waals surface area contributed by atoms with Crippen molar-refractivity contribution in [3.63, 3.8) is 0 Å². The van der Waals surface area contributed by atoms with Gasteiger partial charge in [-0.05, 0) is 11.6 Å². The molecular formula is C8H4Cl2NO2S-. The number of hydrogen-bond acceptors (Lipinski definition) is 3. The molecule has 14 heavy (non-hydrogen) atoms. The predicted molar refractivity (Wildman–Crippen MR) is 53.8 cm³/mol. The highest BCUT2D eigenvalue weighted by molar-refractivity contribution is 7.78. The zero-order chi connectivity index (χ0) is 10.7. The Morgan fingerprint density at radius 1 is 1.50 bits per heavy atom. The SMILES string of the molecule is N#Cc1c(Cl)ccc(CS(=O)[O-])c1Cl. The molecule has 0 radical (unpaired) electrons. The van der Waals surface area contributed by atoms with Crippen molar-refractivity contribution in [3.05, 3.63) is 33.3 Å². The summed E-state index contributed by atoms with van der Waals surface area (Å²) in [4.78, 5) is 0. The minimum absolute atomic E-state index is 0.101. The molecule has 0 N–H and O–H groups in total. The van der Waals surface area contributed by atoms with Crippen LogP contribution in [0.5, 0.6) is 0 Å². The summed E-state index contributed by atoms with van der Waals surface area (Å²) in [6.07, 6.45) is 0. The number of nitrogens with zero attached hydrogens (tertiary/aromatic N) is 1. The van der Waals surface area contributed by atoms with Crippen LogP contribution in [0.25, 0.3) is 0 Å². The predicted octanol–water partition coefficient (Wildman–Crippen LogP) is 2.24. The van der Waals surface area contributed by atoms with Gasteiger partial charge in [-0.2, -0.15) is 5.26 Å². The Morgan fingerprint density at radius 2 is 2.14 bits per heavy atom. The first-order valence-corrected chi connectivity index (χ1v) is 5.49. The molecule has 0 aliphatic rings. The Hall–Kier alpha value is -0.600. The smallest absolute Gasteiger partial charge is 0.102 e. The average Bonchev–Trinajstić information content (AvgIpc) is 2.10. The van der Waals surface area contributed by atoms with Crippen molar-refractivity contribution < 1.29 is 8.76 Å². The third-order valence-electron chi connectivity index (χ3n) is 1.56. The maximum absolute atomic E-state index is 10.4. The van der Waals surface area contributed by atoms with E-state index in [4.69, 9.17) is 28.5 Å². The second-order valence-electron chi connectivity index (χ2n) is 2.46. The zero-order valence-corrected chi connectivity index (χ0v) is 9.12. The lowest BCUT2D eigenvalue weighted by Crippen LogP contribution is -1.96. The summed E-state index contributed by atoms with van der Waals surface area (Å²) in [5.74, 6) is -0.218. The number of halogens is 2. The van der Waals surface area contributed by atoms with Crippen molar-refractivity contribution in [2.75, 3.05) is 0 Å². The monoisotopic (exact) mass is 248 g/mol. The van der Waals surface area contributed by atoms with Gasteiger partial charge >= 0.3 is 0 Å². The van der Waals surface area contributed by atoms with Crippen LogP contribution in [0.2, 0.25) is 10.0 Å². The van der Waals surface area contributed by atoms with Crippen LogP contribution < -0.4 is 0 Å². The summed E-state index contributed by atoms with van der Waals surface area (Å²) >= 11 is 9.22. The van der Waals surface area contributed by atoms with Crippen LogP contribution in [0.15, 0.2) is 12.1 Å². The molecule has 3 nitrogen and oxygen atoms in total. The Labute approximate surface area is 93.5 Å². The van der Waals surface area contributed by atoms with Crippen molar-refractivity contribution in [1.29, 1.82) is 5.26 Å². The molecule has 0 aliphatic heterocycles. The van der Waals surface area contributed by atoms with Crippen LogP contribution >= 0.6 is 23.2 Å². The maximum Gasteiger partial charge on any atom is 0.102 e. The minimum Gasteiger partial charge on any atom is -0.772 e. The molecule has 1 rings (SSSR count). The van der Waals surface area contributed by atoms with Crippen molar-refractivity contribution in [2.24, 2.45) is 0 Å². The van der Waals surface area contributed by atoms with Crippen molar-refractivity contribution in [3.8, 4) is 6.07 Å². The first kappa shape index (κ1) is 11.5. The summed E-state index contributed by atoms with van der Waals surface area (Å²) in [5, 5.41) is 9.01. The number of hydrogen-bond donors (Lipinski definition) is 0. The Balaban J connectivity index is 3.23. The summed E-state index contributed by atoms with van der Waals surface area (Å²) < 4.78 is 20.9. The van der Waals surface area contributed by atoms with E-state index in [1.54, 1.807) is 0 Å². The van der Waals surface area contributed by atoms with Gasteiger partial charge < -0.3 is 4.55 Å². The molecule has 0 saturated heterocycles. The zero-order valence-electron chi connectivity index (χ0n) is 6.79. The van der Waals surface area contributed by atoms with Gasteiger partial charge in [0.05, 0.1) is 15.6 Å². The van der Waals surface area contributed by atoms with E-state index in [0.717, 1.165) is 0 Å². The molecule has 0 amide bonds. The van der Waals surface area contributed by atoms with Gasteiger partial charge in [0.15, 0.2) is 0 Å². The minimum atomic E-state index is -2.23. The summed E-state index contributed by atoms with van der Waals surface area (Å²) in [5.41, 5.74) is 0.484. The van der Waals surface area contributed by atoms with Crippen LogP contribution in [0.3, 0.4) is 0 Å². The largest absolute Gasteiger partial charge is 0.772 e. The van der Waals surface area contributed by atoms with E-state index >= 15 is 0 Å². The molecule has 74 valence electrons. The van der Waals surface area contributed by atoms with Gasteiger partial charge in [0.1, 0.15) is 6.07 Å². The van der Waals surface area contributed by atoms with Gasteiger partial charge in [0, 0.05) is 5.75 Å². The molecule has 0 spiro atoms. The molecule has 1 atom stereocenters. The van der Waals surface area contributed by atoms with Crippen LogP contribution in [-0.2, 0) is 16.8 Å². The highest BCUT2D eigenvalue weighted by Gasteiger charge is 2.09. The van der Waals surface area contributed by atoms with E-state index in [2.05, 4.69) is 0 Å². The number of rotatable bonds is 2. The summed E-state index contributed by atoms with van der Waals surface area (Å²) in [6.45, 7) is 0. The summed E-state index contributed by atoms with van der Waals surface area (Å²) in [6, 6.07) is 4.75. The fraction of sp³-hybridized carbons (Fsp3) is 0.125. The molecule has 0 aliphatic carbocycles. The normalized spacial score (nSPS) is 12.1. The fourth-order valence-corrected chi connectivity index (χ4v) is 2.03. The second-order valence-corrected chi connectivity index (χ2v) is 4.14. The number of benzene rings is 1. The first-order valence-electron chi connectivity index (χ1n) is 3.49. The highest BCUT2D eigenvalue weighted by Crippen LogP contribution is 2.27. The summed E-state index contributed by atoms with van der Waals surface area (Å²) in [7, 11) is 0. The van der Waals surface area contributed by atoms with E-state index in [9.17, 15) is 8.76 Å². The van der Waals surface area contributed by atoms with Gasteiger partial charge in [-0.15, -0.1) is 0 Å². The molecule has 0 fully saturated rings. The van der Waals surface area contributed by atoms with Crippen molar-refractivity contribution >= 4 is 34.3 Å². The molecule has 1 unspecified atom stereocenters. The van der Waals surface area contributed by atoms with Gasteiger partial charge in [-0.3, -0.25) is 4.21 Å². The molecule has 1 aromatic carbocycles. The first-order chi connectivity index (χ1) is 6.56. The topological polar surface area (TPSA) is 63.9 Å². The van der Waals surface area contributed by atoms with Crippen LogP contribution in [-0.4, -0.2) is 8.76 Å². The highest BCUT2D eigenvalue weighted by atomic mass is 35.5. The van der Waals surface area contributed by atoms with Crippen LogP contribution in [0, 0.1) is 11.3 Å². The van der Waals surface area contributed by atoms with Crippen LogP contribution in [0.1, 0.15) is 11.1 Å². The van der Waals surface area contributed by atoms with Gasteiger partial charge in [0.2, 0.25) is 0 Å². The maximum atomic E-state index is 10.4. The molecular weight excluding hydrogens is 245 g/mol. The van der Waals surface area contributed by atoms with Crippen LogP contribution in [0.4, 0.5) is 0 Å². The quantitative estimate of drug-likeness (QED) is 0.755. The lowest BCUT2D eigenvalue weighted by atomic mass is 10.1. The lowest BCUT2D eigenvalue weighted by Gasteiger charge is -2.08. The third kappa shape index (κ3) is 2.46. The molecule has 6 heteroatoms. The standard InChI is InChI=1S/C8H5Cl2NO2S/c9-7-2-1-5(4-14(12)13)8(10)6(7)3-11/h1-2H,4H2,(H,12,13)/p-1. The Morgan fingerprint density at radius 3 is 2.64 bits per heavy atom. The van der Waals surface area contributed by atoms with Gasteiger partial charge in [-0.1, -0.05) is 40.3 Å².